The van der Waals surface area contributed by atoms with Gasteiger partial charge >= 0.3 is 0 Å². The lowest BCUT2D eigenvalue weighted by atomic mass is 10.2. The number of hydrogen-bond acceptors (Lipinski definition) is 2. The van der Waals surface area contributed by atoms with E-state index in [2.05, 4.69) is 46.6 Å². The van der Waals surface area contributed by atoms with E-state index in [0.29, 0.717) is 6.04 Å². The van der Waals surface area contributed by atoms with Crippen LogP contribution in [0.4, 0.5) is 0 Å². The first-order valence-electron chi connectivity index (χ1n) is 5.29. The molecule has 0 fully saturated rings. The average molecular weight is 323 g/mol. The Morgan fingerprint density at radius 2 is 2.25 bits per heavy atom. The van der Waals surface area contributed by atoms with Crippen molar-refractivity contribution in [2.24, 2.45) is 0 Å². The van der Waals surface area contributed by atoms with E-state index >= 15 is 0 Å². The zero-order valence-electron chi connectivity index (χ0n) is 9.59. The van der Waals surface area contributed by atoms with Gasteiger partial charge in [-0.2, -0.15) is 11.8 Å². The minimum atomic E-state index is 0.557. The lowest BCUT2D eigenvalue weighted by Crippen LogP contribution is -2.25. The van der Waals surface area contributed by atoms with E-state index in [1.54, 1.807) is 0 Å². The maximum absolute atomic E-state index is 5.94. The van der Waals surface area contributed by atoms with Crippen molar-refractivity contribution in [3.63, 3.8) is 0 Å². The second-order valence-corrected chi connectivity index (χ2v) is 6.06. The van der Waals surface area contributed by atoms with Crippen molar-refractivity contribution in [2.75, 3.05) is 12.0 Å². The highest BCUT2D eigenvalue weighted by atomic mass is 79.9. The van der Waals surface area contributed by atoms with Gasteiger partial charge in [0.05, 0.1) is 5.02 Å². The topological polar surface area (TPSA) is 12.0 Å². The molecule has 16 heavy (non-hydrogen) atoms. The standard InChI is InChI=1S/C12H17BrClNS/c1-9(5-6-16-2)15-8-10-3-4-12(14)11(13)7-10/h3-4,7,9,15H,5-6,8H2,1-2H3. The minimum absolute atomic E-state index is 0.557. The lowest BCUT2D eigenvalue weighted by molar-refractivity contribution is 0.537. The van der Waals surface area contributed by atoms with Crippen LogP contribution in [0.1, 0.15) is 18.9 Å². The fourth-order valence-electron chi connectivity index (χ4n) is 1.34. The summed E-state index contributed by atoms with van der Waals surface area (Å²) in [6, 6.07) is 6.61. The SMILES string of the molecule is CSCCC(C)NCc1ccc(Cl)c(Br)c1. The number of thioether (sulfide) groups is 1. The number of nitrogens with one attached hydrogen (secondary N) is 1. The van der Waals surface area contributed by atoms with E-state index in [-0.39, 0.29) is 0 Å². The summed E-state index contributed by atoms with van der Waals surface area (Å²) in [5.74, 6) is 1.21. The second-order valence-electron chi connectivity index (χ2n) is 3.81. The third-order valence-electron chi connectivity index (χ3n) is 2.39. The number of hydrogen-bond donors (Lipinski definition) is 1. The molecule has 1 aromatic carbocycles. The monoisotopic (exact) mass is 321 g/mol. The third kappa shape index (κ3) is 5.09. The molecule has 0 saturated carbocycles. The van der Waals surface area contributed by atoms with Crippen LogP contribution in [0.5, 0.6) is 0 Å². The number of rotatable bonds is 6. The first-order chi connectivity index (χ1) is 7.63. The Balaban J connectivity index is 2.39. The quantitative estimate of drug-likeness (QED) is 0.836. The third-order valence-corrected chi connectivity index (χ3v) is 4.25. The van der Waals surface area contributed by atoms with Crippen molar-refractivity contribution in [3.05, 3.63) is 33.3 Å². The zero-order valence-corrected chi connectivity index (χ0v) is 12.8. The van der Waals surface area contributed by atoms with Gasteiger partial charge in [-0.1, -0.05) is 17.7 Å². The molecule has 90 valence electrons. The lowest BCUT2D eigenvalue weighted by Gasteiger charge is -2.13. The molecule has 1 nitrogen and oxygen atoms in total. The Morgan fingerprint density at radius 1 is 1.50 bits per heavy atom. The summed E-state index contributed by atoms with van der Waals surface area (Å²) >= 11 is 11.3. The molecule has 0 aliphatic heterocycles. The van der Waals surface area contributed by atoms with Crippen LogP contribution in [-0.2, 0) is 6.54 Å². The first-order valence-corrected chi connectivity index (χ1v) is 7.86. The Hall–Kier alpha value is 0.300. The molecule has 0 saturated heterocycles. The van der Waals surface area contributed by atoms with E-state index in [9.17, 15) is 0 Å². The van der Waals surface area contributed by atoms with Crippen LogP contribution in [0.25, 0.3) is 0 Å². The summed E-state index contributed by atoms with van der Waals surface area (Å²) in [6.07, 6.45) is 3.35. The summed E-state index contributed by atoms with van der Waals surface area (Å²) in [5, 5.41) is 4.27. The molecule has 0 aliphatic carbocycles. The van der Waals surface area contributed by atoms with Crippen molar-refractivity contribution >= 4 is 39.3 Å². The highest BCUT2D eigenvalue weighted by Crippen LogP contribution is 2.23. The fourth-order valence-corrected chi connectivity index (χ4v) is 2.47. The van der Waals surface area contributed by atoms with Crippen LogP contribution in [0.2, 0.25) is 5.02 Å². The Morgan fingerprint density at radius 3 is 2.88 bits per heavy atom. The highest BCUT2D eigenvalue weighted by molar-refractivity contribution is 9.10. The van der Waals surface area contributed by atoms with Gasteiger partial charge in [-0.3, -0.25) is 0 Å². The normalized spacial score (nSPS) is 12.8. The van der Waals surface area contributed by atoms with Gasteiger partial charge in [0.25, 0.3) is 0 Å². The van der Waals surface area contributed by atoms with Gasteiger partial charge < -0.3 is 5.32 Å². The van der Waals surface area contributed by atoms with Gasteiger partial charge in [0.1, 0.15) is 0 Å². The van der Waals surface area contributed by atoms with Gasteiger partial charge in [0.2, 0.25) is 0 Å². The Bertz CT molecular complexity index is 333. The molecule has 1 unspecified atom stereocenters. The van der Waals surface area contributed by atoms with Crippen LogP contribution in [0, 0.1) is 0 Å². The minimum Gasteiger partial charge on any atom is -0.310 e. The summed E-state index contributed by atoms with van der Waals surface area (Å²) in [4.78, 5) is 0. The van der Waals surface area contributed by atoms with Crippen molar-refractivity contribution < 1.29 is 0 Å². The van der Waals surface area contributed by atoms with E-state index in [1.807, 2.05) is 17.8 Å². The first kappa shape index (κ1) is 14.4. The smallest absolute Gasteiger partial charge is 0.0548 e. The van der Waals surface area contributed by atoms with E-state index in [4.69, 9.17) is 11.6 Å². The molecule has 0 spiro atoms. The van der Waals surface area contributed by atoms with E-state index in [0.717, 1.165) is 16.0 Å². The van der Waals surface area contributed by atoms with Crippen LogP contribution >= 0.6 is 39.3 Å². The molecule has 0 heterocycles. The number of halogens is 2. The Labute approximate surface area is 115 Å². The Kier molecular flexibility index (Phi) is 6.81. The maximum Gasteiger partial charge on any atom is 0.0548 e. The van der Waals surface area contributed by atoms with Crippen molar-refractivity contribution in [3.8, 4) is 0 Å². The highest BCUT2D eigenvalue weighted by Gasteiger charge is 2.02. The molecule has 0 aromatic heterocycles. The molecule has 1 N–H and O–H groups in total. The fraction of sp³-hybridized carbons (Fsp3) is 0.500. The molecule has 1 atom stereocenters. The van der Waals surface area contributed by atoms with Crippen LogP contribution < -0.4 is 5.32 Å². The molecule has 1 aromatic rings. The zero-order chi connectivity index (χ0) is 12.0. The summed E-state index contributed by atoms with van der Waals surface area (Å²) in [5.41, 5.74) is 1.26. The molecule has 4 heteroatoms. The molecule has 0 bridgehead atoms. The molecular formula is C12H17BrClNS. The van der Waals surface area contributed by atoms with Gasteiger partial charge in [-0.25, -0.2) is 0 Å². The molecule has 0 radical (unpaired) electrons. The van der Waals surface area contributed by atoms with E-state index < -0.39 is 0 Å². The predicted octanol–water partition coefficient (Wildman–Crippen LogP) is 4.33. The molecule has 0 amide bonds. The summed E-state index contributed by atoms with van der Waals surface area (Å²) < 4.78 is 0.963. The molecular weight excluding hydrogens is 306 g/mol. The molecule has 1 rings (SSSR count). The maximum atomic E-state index is 5.94. The summed E-state index contributed by atoms with van der Waals surface area (Å²) in [6.45, 7) is 3.12. The van der Waals surface area contributed by atoms with Gasteiger partial charge in [-0.05, 0) is 59.0 Å². The number of benzene rings is 1. The van der Waals surface area contributed by atoms with Crippen LogP contribution in [0.3, 0.4) is 0 Å². The van der Waals surface area contributed by atoms with Gasteiger partial charge in [0, 0.05) is 17.1 Å². The predicted molar refractivity (Wildman–Crippen MR) is 78.5 cm³/mol. The van der Waals surface area contributed by atoms with Crippen LogP contribution in [-0.4, -0.2) is 18.1 Å². The van der Waals surface area contributed by atoms with Crippen LogP contribution in [0.15, 0.2) is 22.7 Å². The van der Waals surface area contributed by atoms with Crippen molar-refractivity contribution in [2.45, 2.75) is 25.9 Å². The molecule has 0 aliphatic rings. The summed E-state index contributed by atoms with van der Waals surface area (Å²) in [7, 11) is 0. The largest absolute Gasteiger partial charge is 0.310 e. The van der Waals surface area contributed by atoms with Crippen molar-refractivity contribution in [1.82, 2.24) is 5.32 Å². The van der Waals surface area contributed by atoms with E-state index in [1.165, 1.54) is 17.7 Å². The van der Waals surface area contributed by atoms with Gasteiger partial charge in [0.15, 0.2) is 0 Å². The van der Waals surface area contributed by atoms with Crippen molar-refractivity contribution in [1.29, 1.82) is 0 Å². The van der Waals surface area contributed by atoms with Gasteiger partial charge in [-0.15, -0.1) is 0 Å². The average Bonchev–Trinajstić information content (AvgIpc) is 2.28. The second kappa shape index (κ2) is 7.59.